The predicted molar refractivity (Wildman–Crippen MR) is 53.5 cm³/mol. The van der Waals surface area contributed by atoms with E-state index in [-0.39, 0.29) is 0 Å². The fraction of sp³-hybridized carbons (Fsp3) is 0.400. The quantitative estimate of drug-likeness (QED) is 0.593. The standard InChI is InChI=1S/C10H12ClNO/c1-2-3-4-7-12-8-9-5-6-10(11)13-9/h5-6,12H,4,7-8H2,1H3. The van der Waals surface area contributed by atoms with Gasteiger partial charge in [0, 0.05) is 13.0 Å². The molecule has 0 saturated carbocycles. The summed E-state index contributed by atoms with van der Waals surface area (Å²) in [4.78, 5) is 0. The van der Waals surface area contributed by atoms with Crippen LogP contribution >= 0.6 is 11.6 Å². The smallest absolute Gasteiger partial charge is 0.193 e. The number of hydrogen-bond acceptors (Lipinski definition) is 2. The molecule has 0 bridgehead atoms. The van der Waals surface area contributed by atoms with Crippen LogP contribution in [0, 0.1) is 11.8 Å². The lowest BCUT2D eigenvalue weighted by Crippen LogP contribution is -2.13. The Kier molecular flexibility index (Phi) is 4.45. The summed E-state index contributed by atoms with van der Waals surface area (Å²) in [5.74, 6) is 6.66. The van der Waals surface area contributed by atoms with E-state index in [2.05, 4.69) is 17.2 Å². The maximum absolute atomic E-state index is 5.61. The van der Waals surface area contributed by atoms with Crippen molar-refractivity contribution in [2.24, 2.45) is 0 Å². The van der Waals surface area contributed by atoms with Crippen LogP contribution in [0.5, 0.6) is 0 Å². The minimum atomic E-state index is 0.435. The fourth-order valence-corrected chi connectivity index (χ4v) is 1.10. The molecule has 0 aromatic carbocycles. The Morgan fingerprint density at radius 3 is 3.00 bits per heavy atom. The zero-order chi connectivity index (χ0) is 9.52. The summed E-state index contributed by atoms with van der Waals surface area (Å²) in [6.45, 7) is 3.42. The van der Waals surface area contributed by atoms with Crippen molar-refractivity contribution >= 4 is 11.6 Å². The lowest BCUT2D eigenvalue weighted by Gasteiger charge is -1.97. The lowest BCUT2D eigenvalue weighted by atomic mass is 10.4. The van der Waals surface area contributed by atoms with Gasteiger partial charge in [0.2, 0.25) is 0 Å². The van der Waals surface area contributed by atoms with Gasteiger partial charge in [0.25, 0.3) is 0 Å². The average Bonchev–Trinajstić information content (AvgIpc) is 2.51. The van der Waals surface area contributed by atoms with Gasteiger partial charge in [-0.15, -0.1) is 11.8 Å². The number of rotatable bonds is 4. The molecule has 0 saturated heterocycles. The first-order valence-electron chi connectivity index (χ1n) is 4.17. The van der Waals surface area contributed by atoms with Crippen LogP contribution in [0.4, 0.5) is 0 Å². The van der Waals surface area contributed by atoms with Crippen molar-refractivity contribution in [3.8, 4) is 11.8 Å². The van der Waals surface area contributed by atoms with Crippen molar-refractivity contribution in [1.29, 1.82) is 0 Å². The highest BCUT2D eigenvalue weighted by molar-refractivity contribution is 6.28. The van der Waals surface area contributed by atoms with Crippen LogP contribution in [-0.4, -0.2) is 6.54 Å². The van der Waals surface area contributed by atoms with E-state index in [9.17, 15) is 0 Å². The van der Waals surface area contributed by atoms with Crippen LogP contribution in [0.25, 0.3) is 0 Å². The largest absolute Gasteiger partial charge is 0.448 e. The van der Waals surface area contributed by atoms with Crippen molar-refractivity contribution in [3.63, 3.8) is 0 Å². The Balaban J connectivity index is 2.15. The van der Waals surface area contributed by atoms with Gasteiger partial charge in [-0.3, -0.25) is 0 Å². The summed E-state index contributed by atoms with van der Waals surface area (Å²) in [7, 11) is 0. The normalized spacial score (nSPS) is 9.38. The number of halogens is 1. The SMILES string of the molecule is CC#CCCNCc1ccc(Cl)o1. The minimum Gasteiger partial charge on any atom is -0.448 e. The van der Waals surface area contributed by atoms with Gasteiger partial charge in [-0.1, -0.05) is 0 Å². The number of furan rings is 1. The highest BCUT2D eigenvalue weighted by Crippen LogP contribution is 2.12. The number of hydrogen-bond donors (Lipinski definition) is 1. The van der Waals surface area contributed by atoms with Crippen molar-refractivity contribution in [3.05, 3.63) is 23.1 Å². The van der Waals surface area contributed by atoms with E-state index in [1.807, 2.05) is 13.0 Å². The molecule has 0 amide bonds. The molecule has 0 radical (unpaired) electrons. The zero-order valence-corrected chi connectivity index (χ0v) is 8.32. The van der Waals surface area contributed by atoms with E-state index in [4.69, 9.17) is 16.0 Å². The zero-order valence-electron chi connectivity index (χ0n) is 7.56. The Morgan fingerprint density at radius 2 is 2.38 bits per heavy atom. The minimum absolute atomic E-state index is 0.435. The van der Waals surface area contributed by atoms with Crippen LogP contribution in [-0.2, 0) is 6.54 Å². The Hall–Kier alpha value is -0.910. The third kappa shape index (κ3) is 4.02. The summed E-state index contributed by atoms with van der Waals surface area (Å²) in [6.07, 6.45) is 0.866. The molecule has 3 heteroatoms. The monoisotopic (exact) mass is 197 g/mol. The molecule has 2 nitrogen and oxygen atoms in total. The van der Waals surface area contributed by atoms with E-state index in [0.29, 0.717) is 11.8 Å². The summed E-state index contributed by atoms with van der Waals surface area (Å²) in [6, 6.07) is 3.60. The topological polar surface area (TPSA) is 25.2 Å². The molecular weight excluding hydrogens is 186 g/mol. The van der Waals surface area contributed by atoms with Crippen molar-refractivity contribution in [2.75, 3.05) is 6.54 Å². The molecule has 0 spiro atoms. The molecule has 70 valence electrons. The van der Waals surface area contributed by atoms with Crippen LogP contribution in [0.1, 0.15) is 19.1 Å². The summed E-state index contributed by atoms with van der Waals surface area (Å²) in [5.41, 5.74) is 0. The third-order valence-electron chi connectivity index (χ3n) is 1.53. The second-order valence-electron chi connectivity index (χ2n) is 2.56. The van der Waals surface area contributed by atoms with Gasteiger partial charge < -0.3 is 9.73 Å². The molecule has 0 aliphatic rings. The summed E-state index contributed by atoms with van der Waals surface area (Å²) in [5, 5.41) is 3.63. The molecular formula is C10H12ClNO. The first-order valence-corrected chi connectivity index (χ1v) is 4.55. The van der Waals surface area contributed by atoms with E-state index in [1.165, 1.54) is 0 Å². The van der Waals surface area contributed by atoms with E-state index in [1.54, 1.807) is 6.07 Å². The Bertz CT molecular complexity index is 308. The molecule has 1 heterocycles. The molecule has 1 N–H and O–H groups in total. The molecule has 1 aromatic heterocycles. The maximum atomic E-state index is 5.61. The molecule has 0 aliphatic carbocycles. The van der Waals surface area contributed by atoms with Crippen molar-refractivity contribution < 1.29 is 4.42 Å². The lowest BCUT2D eigenvalue weighted by molar-refractivity contribution is 0.487. The molecule has 0 atom stereocenters. The van der Waals surface area contributed by atoms with Crippen molar-refractivity contribution in [1.82, 2.24) is 5.32 Å². The van der Waals surface area contributed by atoms with E-state index in [0.717, 1.165) is 18.7 Å². The fourth-order valence-electron chi connectivity index (χ4n) is 0.934. The van der Waals surface area contributed by atoms with Crippen LogP contribution < -0.4 is 5.32 Å². The van der Waals surface area contributed by atoms with Crippen molar-refractivity contribution in [2.45, 2.75) is 19.9 Å². The third-order valence-corrected chi connectivity index (χ3v) is 1.73. The summed E-state index contributed by atoms with van der Waals surface area (Å²) >= 11 is 5.61. The molecule has 0 fully saturated rings. The van der Waals surface area contributed by atoms with Gasteiger partial charge in [-0.05, 0) is 30.7 Å². The first kappa shape index (κ1) is 10.2. The maximum Gasteiger partial charge on any atom is 0.193 e. The van der Waals surface area contributed by atoms with Crippen LogP contribution in [0.2, 0.25) is 5.22 Å². The second-order valence-corrected chi connectivity index (χ2v) is 2.93. The summed E-state index contributed by atoms with van der Waals surface area (Å²) < 4.78 is 5.16. The Morgan fingerprint density at radius 1 is 1.54 bits per heavy atom. The van der Waals surface area contributed by atoms with Gasteiger partial charge in [-0.25, -0.2) is 0 Å². The average molecular weight is 198 g/mol. The second kappa shape index (κ2) is 5.69. The predicted octanol–water partition coefficient (Wildman–Crippen LogP) is 2.44. The number of nitrogens with one attached hydrogen (secondary N) is 1. The first-order chi connectivity index (χ1) is 6.33. The van der Waals surface area contributed by atoms with Crippen LogP contribution in [0.3, 0.4) is 0 Å². The Labute approximate surface area is 83.3 Å². The van der Waals surface area contributed by atoms with Gasteiger partial charge in [0.05, 0.1) is 6.54 Å². The van der Waals surface area contributed by atoms with Gasteiger partial charge >= 0.3 is 0 Å². The highest BCUT2D eigenvalue weighted by Gasteiger charge is 1.97. The van der Waals surface area contributed by atoms with Gasteiger partial charge in [0.1, 0.15) is 5.76 Å². The molecule has 0 unspecified atom stereocenters. The van der Waals surface area contributed by atoms with E-state index >= 15 is 0 Å². The van der Waals surface area contributed by atoms with Gasteiger partial charge in [-0.2, -0.15) is 0 Å². The molecule has 13 heavy (non-hydrogen) atoms. The van der Waals surface area contributed by atoms with Crippen LogP contribution in [0.15, 0.2) is 16.5 Å². The van der Waals surface area contributed by atoms with Gasteiger partial charge in [0.15, 0.2) is 5.22 Å². The van der Waals surface area contributed by atoms with E-state index < -0.39 is 0 Å². The molecule has 1 rings (SSSR count). The molecule has 1 aromatic rings. The highest BCUT2D eigenvalue weighted by atomic mass is 35.5. The molecule has 0 aliphatic heterocycles.